The van der Waals surface area contributed by atoms with Crippen LogP contribution in [0.4, 0.5) is 0 Å². The maximum absolute atomic E-state index is 13.5. The lowest BCUT2D eigenvalue weighted by atomic mass is 10.0. The van der Waals surface area contributed by atoms with Crippen molar-refractivity contribution >= 4 is 19.7 Å². The third-order valence-corrected chi connectivity index (χ3v) is 14.5. The maximum atomic E-state index is 13.5. The summed E-state index contributed by atoms with van der Waals surface area (Å²) in [6, 6.07) is -0.901. The van der Waals surface area contributed by atoms with Crippen LogP contribution in [0, 0.1) is 0 Å². The third kappa shape index (κ3) is 57.4. The summed E-state index contributed by atoms with van der Waals surface area (Å²) < 4.78 is 30.3. The normalized spacial score (nSPS) is 14.3. The molecular weight excluding hydrogens is 976 g/mol. The number of rotatable bonds is 56. The van der Waals surface area contributed by atoms with Gasteiger partial charge in [0, 0.05) is 12.8 Å². The van der Waals surface area contributed by atoms with E-state index in [4.69, 9.17) is 13.8 Å². The number of nitrogens with one attached hydrogen (secondary N) is 1. The van der Waals surface area contributed by atoms with Crippen molar-refractivity contribution in [3.63, 3.8) is 0 Å². The van der Waals surface area contributed by atoms with Gasteiger partial charge in [-0.15, -0.1) is 0 Å². The van der Waals surface area contributed by atoms with Gasteiger partial charge in [-0.1, -0.05) is 247 Å². The van der Waals surface area contributed by atoms with Gasteiger partial charge in [0.1, 0.15) is 19.3 Å². The number of allylic oxidation sites excluding steroid dienone is 15. The molecule has 0 rings (SSSR count). The highest BCUT2D eigenvalue weighted by Crippen LogP contribution is 2.38. The number of hydrogen-bond acceptors (Lipinski definition) is 7. The van der Waals surface area contributed by atoms with Crippen LogP contribution in [0.15, 0.2) is 97.2 Å². The van der Waals surface area contributed by atoms with Crippen molar-refractivity contribution in [2.24, 2.45) is 0 Å². The quantitative estimate of drug-likeness (QED) is 0.0161. The van der Waals surface area contributed by atoms with E-state index in [0.29, 0.717) is 23.9 Å². The van der Waals surface area contributed by atoms with Crippen molar-refractivity contribution in [3.8, 4) is 0 Å². The Kier molecular flexibility index (Phi) is 54.0. The van der Waals surface area contributed by atoms with E-state index >= 15 is 0 Å². The van der Waals surface area contributed by atoms with E-state index in [1.54, 1.807) is 0 Å². The van der Waals surface area contributed by atoms with Crippen LogP contribution < -0.4 is 10.2 Å². The number of quaternary nitrogens is 1. The van der Waals surface area contributed by atoms with Crippen LogP contribution in [-0.4, -0.2) is 69.4 Å². The molecule has 444 valence electrons. The predicted octanol–water partition coefficient (Wildman–Crippen LogP) is 18.9. The van der Waals surface area contributed by atoms with Crippen molar-refractivity contribution in [2.75, 3.05) is 40.9 Å². The summed E-state index contributed by atoms with van der Waals surface area (Å²) in [7, 11) is 1.16. The fourth-order valence-electron chi connectivity index (χ4n) is 8.66. The monoisotopic (exact) mass is 1090 g/mol. The molecule has 0 aliphatic heterocycles. The maximum Gasteiger partial charge on any atom is 0.306 e. The first-order chi connectivity index (χ1) is 37.4. The molecule has 0 bridgehead atoms. The van der Waals surface area contributed by atoms with Crippen molar-refractivity contribution in [1.82, 2.24) is 5.32 Å². The SMILES string of the molecule is CC/C=C\C/C=C\C/C=C\C/C=C\C/C=C\CCCCCCCCCCCC(=O)NC(COP(=O)([O-])OCC[N+](C)(C)C)C(/C=C\CCCCCCCCCCC)OC(=O)CCCCCCCC/C=C/C=C/CCCCC. The largest absolute Gasteiger partial charge is 0.756 e. The van der Waals surface area contributed by atoms with Gasteiger partial charge in [-0.2, -0.15) is 0 Å². The van der Waals surface area contributed by atoms with Crippen molar-refractivity contribution in [3.05, 3.63) is 97.2 Å². The molecule has 77 heavy (non-hydrogen) atoms. The summed E-state index contributed by atoms with van der Waals surface area (Å²) in [5, 5.41) is 3.02. The van der Waals surface area contributed by atoms with Crippen molar-refractivity contribution in [1.29, 1.82) is 0 Å². The van der Waals surface area contributed by atoms with Crippen molar-refractivity contribution < 1.29 is 37.3 Å². The van der Waals surface area contributed by atoms with Gasteiger partial charge < -0.3 is 28.5 Å². The molecule has 9 nitrogen and oxygen atoms in total. The Bertz CT molecular complexity index is 1640. The van der Waals surface area contributed by atoms with Crippen LogP contribution in [0.5, 0.6) is 0 Å². The number of likely N-dealkylation sites (N-methyl/N-ethyl adjacent to an activating group) is 1. The molecule has 0 aromatic rings. The van der Waals surface area contributed by atoms with Crippen LogP contribution >= 0.6 is 7.82 Å². The topological polar surface area (TPSA) is 114 Å². The summed E-state index contributed by atoms with van der Waals surface area (Å²) in [6.45, 7) is 6.68. The highest BCUT2D eigenvalue weighted by molar-refractivity contribution is 7.45. The van der Waals surface area contributed by atoms with Crippen LogP contribution in [0.3, 0.4) is 0 Å². The molecule has 0 aliphatic rings. The Morgan fingerprint density at radius 3 is 1.35 bits per heavy atom. The fourth-order valence-corrected chi connectivity index (χ4v) is 9.38. The number of phosphoric acid groups is 1. The average Bonchev–Trinajstić information content (AvgIpc) is 3.39. The first-order valence-electron chi connectivity index (χ1n) is 31.6. The first kappa shape index (κ1) is 73.9. The third-order valence-electron chi connectivity index (χ3n) is 13.5. The standard InChI is InChI=1S/C67H119N2O7P/c1-7-10-13-16-19-22-25-27-29-30-31-32-33-34-35-36-37-38-40-41-44-47-50-53-56-59-66(70)68-64(63-75-77(72,73)74-62-61-69(4,5)6)65(58-55-52-49-46-43-24-21-18-15-12-9-3)76-67(71)60-57-54-51-48-45-42-39-28-26-23-20-17-14-11-8-2/h10,13,19-20,22-23,26-29,31-32,34-35,55,58,64-65H,7-9,11-12,14-18,21,24-25,30,33,36-54,56-57,59-63H2,1-6H3,(H-,68,70,72,73)/b13-10-,22-19-,23-20+,28-26+,29-27-,32-31-,35-34-,58-55-. The molecule has 1 amide bonds. The fraction of sp³-hybridized carbons (Fsp3) is 0.731. The van der Waals surface area contributed by atoms with Gasteiger partial charge in [-0.05, 0) is 102 Å². The molecule has 1 N–H and O–H groups in total. The van der Waals surface area contributed by atoms with E-state index in [0.717, 1.165) is 122 Å². The number of ether oxygens (including phenoxy) is 1. The lowest BCUT2D eigenvalue weighted by Crippen LogP contribution is -2.47. The summed E-state index contributed by atoms with van der Waals surface area (Å²) in [4.78, 5) is 40.0. The second-order valence-corrected chi connectivity index (χ2v) is 23.6. The minimum atomic E-state index is -4.71. The van der Waals surface area contributed by atoms with Gasteiger partial charge in [0.05, 0.1) is 33.8 Å². The summed E-state index contributed by atoms with van der Waals surface area (Å²) in [6.07, 6.45) is 75.2. The number of hydrogen-bond donors (Lipinski definition) is 1. The van der Waals surface area contributed by atoms with Crippen LogP contribution in [0.2, 0.25) is 0 Å². The molecule has 0 aliphatic carbocycles. The molecule has 0 aromatic carbocycles. The number of unbranched alkanes of at least 4 members (excludes halogenated alkanes) is 27. The Morgan fingerprint density at radius 2 is 0.870 bits per heavy atom. The molecule has 0 heterocycles. The van der Waals surface area contributed by atoms with Crippen molar-refractivity contribution in [2.45, 2.75) is 277 Å². The van der Waals surface area contributed by atoms with E-state index < -0.39 is 26.6 Å². The summed E-state index contributed by atoms with van der Waals surface area (Å²) in [5.41, 5.74) is 0. The number of amides is 1. The van der Waals surface area contributed by atoms with Gasteiger partial charge in [-0.25, -0.2) is 0 Å². The molecule has 0 aromatic heterocycles. The van der Waals surface area contributed by atoms with Gasteiger partial charge in [0.2, 0.25) is 5.91 Å². The van der Waals surface area contributed by atoms with Gasteiger partial charge in [0.25, 0.3) is 7.82 Å². The van der Waals surface area contributed by atoms with Crippen LogP contribution in [0.25, 0.3) is 0 Å². The average molecular weight is 1100 g/mol. The molecule has 0 saturated heterocycles. The number of carbonyl (C=O) groups excluding carboxylic acids is 2. The van der Waals surface area contributed by atoms with Gasteiger partial charge in [-0.3, -0.25) is 14.2 Å². The minimum absolute atomic E-state index is 0.0297. The number of carbonyl (C=O) groups is 2. The lowest BCUT2D eigenvalue weighted by molar-refractivity contribution is -0.870. The van der Waals surface area contributed by atoms with E-state index in [2.05, 4.69) is 111 Å². The molecule has 0 spiro atoms. The van der Waals surface area contributed by atoms with E-state index in [1.807, 2.05) is 33.3 Å². The number of phosphoric ester groups is 1. The molecule has 0 fully saturated rings. The highest BCUT2D eigenvalue weighted by Gasteiger charge is 2.27. The molecule has 3 atom stereocenters. The molecule has 3 unspecified atom stereocenters. The molecule has 10 heteroatoms. The second kappa shape index (κ2) is 56.2. The Hall–Kier alpha value is -3.07. The van der Waals surface area contributed by atoms with E-state index in [-0.39, 0.29) is 24.9 Å². The zero-order valence-electron chi connectivity index (χ0n) is 50.6. The van der Waals surface area contributed by atoms with E-state index in [1.165, 1.54) is 103 Å². The first-order valence-corrected chi connectivity index (χ1v) is 33.0. The molecular formula is C67H119N2O7P. The smallest absolute Gasteiger partial charge is 0.306 e. The van der Waals surface area contributed by atoms with Crippen LogP contribution in [-0.2, 0) is 27.9 Å². The van der Waals surface area contributed by atoms with Gasteiger partial charge in [0.15, 0.2) is 0 Å². The number of esters is 1. The van der Waals surface area contributed by atoms with E-state index in [9.17, 15) is 19.0 Å². The lowest BCUT2D eigenvalue weighted by Gasteiger charge is -2.30. The zero-order chi connectivity index (χ0) is 56.4. The molecule has 0 radical (unpaired) electrons. The predicted molar refractivity (Wildman–Crippen MR) is 330 cm³/mol. The zero-order valence-corrected chi connectivity index (χ0v) is 51.5. The Balaban J connectivity index is 5.15. The Labute approximate surface area is 475 Å². The summed E-state index contributed by atoms with van der Waals surface area (Å²) in [5.74, 6) is -0.565. The van der Waals surface area contributed by atoms with Crippen LogP contribution in [0.1, 0.15) is 265 Å². The number of nitrogens with zero attached hydrogens (tertiary/aromatic N) is 1. The molecule has 0 saturated carbocycles. The van der Waals surface area contributed by atoms with Gasteiger partial charge >= 0.3 is 5.97 Å². The summed E-state index contributed by atoms with van der Waals surface area (Å²) >= 11 is 0. The Morgan fingerprint density at radius 1 is 0.481 bits per heavy atom. The highest BCUT2D eigenvalue weighted by atomic mass is 31.2. The minimum Gasteiger partial charge on any atom is -0.756 e. The second-order valence-electron chi connectivity index (χ2n) is 22.2.